The smallest absolute Gasteiger partial charge is 0.147 e. The van der Waals surface area contributed by atoms with E-state index in [1.54, 1.807) is 0 Å². The van der Waals surface area contributed by atoms with E-state index in [9.17, 15) is 0 Å². The minimum absolute atomic E-state index is 0.633. The van der Waals surface area contributed by atoms with Crippen LogP contribution in [0, 0.1) is 5.92 Å². The highest BCUT2D eigenvalue weighted by Crippen LogP contribution is 2.36. The van der Waals surface area contributed by atoms with Crippen LogP contribution in [0.25, 0.3) is 0 Å². The molecular weight excluding hydrogens is 248 g/mol. The maximum Gasteiger partial charge on any atom is 0.147 e. The molecule has 1 saturated heterocycles. The van der Waals surface area contributed by atoms with Gasteiger partial charge in [-0.15, -0.1) is 0 Å². The average Bonchev–Trinajstić information content (AvgIpc) is 2.56. The molecule has 0 unspecified atom stereocenters. The van der Waals surface area contributed by atoms with Gasteiger partial charge in [-0.25, -0.2) is 4.98 Å². The molecule has 0 radical (unpaired) electrons. The molecule has 2 aliphatic rings. The number of nitrogens with one attached hydrogen (secondary N) is 1. The first-order valence-corrected chi connectivity index (χ1v) is 8.14. The second kappa shape index (κ2) is 6.53. The highest BCUT2D eigenvalue weighted by atomic mass is 15.2. The first-order valence-electron chi connectivity index (χ1n) is 8.14. The Morgan fingerprint density at radius 3 is 2.60 bits per heavy atom. The predicted octanol–water partition coefficient (Wildman–Crippen LogP) is 2.57. The van der Waals surface area contributed by atoms with Crippen molar-refractivity contribution in [3.05, 3.63) is 18.1 Å². The standard InChI is InChI=1S/C16H26N4/c1-2-13-3-5-14(6-4-13)15-11-18-12-16(19-15)20-9-7-17-8-10-20/h11-14,17H,2-10H2,1H3. The minimum Gasteiger partial charge on any atom is -0.353 e. The van der Waals surface area contributed by atoms with Crippen LogP contribution in [0.3, 0.4) is 0 Å². The number of hydrogen-bond donors (Lipinski definition) is 1. The van der Waals surface area contributed by atoms with E-state index in [0.717, 1.165) is 37.9 Å². The fraction of sp³-hybridized carbons (Fsp3) is 0.750. The van der Waals surface area contributed by atoms with Gasteiger partial charge in [-0.3, -0.25) is 4.98 Å². The zero-order valence-corrected chi connectivity index (χ0v) is 12.5. The van der Waals surface area contributed by atoms with Gasteiger partial charge in [0.25, 0.3) is 0 Å². The van der Waals surface area contributed by atoms with Crippen LogP contribution in [0.1, 0.15) is 50.6 Å². The highest BCUT2D eigenvalue weighted by Gasteiger charge is 2.23. The van der Waals surface area contributed by atoms with Crippen molar-refractivity contribution in [1.82, 2.24) is 15.3 Å². The molecule has 0 bridgehead atoms. The van der Waals surface area contributed by atoms with Gasteiger partial charge in [0.05, 0.1) is 11.9 Å². The number of aromatic nitrogens is 2. The van der Waals surface area contributed by atoms with Gasteiger partial charge in [0.15, 0.2) is 0 Å². The van der Waals surface area contributed by atoms with Crippen LogP contribution < -0.4 is 10.2 Å². The van der Waals surface area contributed by atoms with Crippen molar-refractivity contribution in [2.75, 3.05) is 31.1 Å². The molecule has 4 heteroatoms. The van der Waals surface area contributed by atoms with Gasteiger partial charge >= 0.3 is 0 Å². The van der Waals surface area contributed by atoms with Gasteiger partial charge in [0, 0.05) is 38.3 Å². The summed E-state index contributed by atoms with van der Waals surface area (Å²) in [5.74, 6) is 2.64. The van der Waals surface area contributed by atoms with Crippen LogP contribution in [0.4, 0.5) is 5.82 Å². The Morgan fingerprint density at radius 2 is 1.90 bits per heavy atom. The summed E-state index contributed by atoms with van der Waals surface area (Å²) in [6.45, 7) is 6.50. The molecule has 2 fully saturated rings. The molecule has 110 valence electrons. The molecule has 1 aromatic rings. The van der Waals surface area contributed by atoms with Crippen molar-refractivity contribution in [1.29, 1.82) is 0 Å². The summed E-state index contributed by atoms with van der Waals surface area (Å²) in [5.41, 5.74) is 1.22. The van der Waals surface area contributed by atoms with E-state index >= 15 is 0 Å². The Morgan fingerprint density at radius 1 is 1.15 bits per heavy atom. The largest absolute Gasteiger partial charge is 0.353 e. The van der Waals surface area contributed by atoms with E-state index in [-0.39, 0.29) is 0 Å². The van der Waals surface area contributed by atoms with Crippen LogP contribution >= 0.6 is 0 Å². The Kier molecular flexibility index (Phi) is 4.51. The topological polar surface area (TPSA) is 41.1 Å². The molecule has 0 amide bonds. The van der Waals surface area contributed by atoms with Gasteiger partial charge in [-0.1, -0.05) is 13.3 Å². The predicted molar refractivity (Wildman–Crippen MR) is 82.1 cm³/mol. The van der Waals surface area contributed by atoms with E-state index in [4.69, 9.17) is 4.98 Å². The normalized spacial score (nSPS) is 27.6. The lowest BCUT2D eigenvalue weighted by molar-refractivity contribution is 0.315. The Balaban J connectivity index is 1.68. The third kappa shape index (κ3) is 3.11. The summed E-state index contributed by atoms with van der Waals surface area (Å²) in [5, 5.41) is 3.38. The number of nitrogens with zero attached hydrogens (tertiary/aromatic N) is 3. The summed E-state index contributed by atoms with van der Waals surface area (Å²) in [6.07, 6.45) is 10.5. The van der Waals surface area contributed by atoms with Crippen LogP contribution in [-0.4, -0.2) is 36.1 Å². The lowest BCUT2D eigenvalue weighted by Crippen LogP contribution is -2.44. The second-order valence-electron chi connectivity index (χ2n) is 6.17. The van der Waals surface area contributed by atoms with E-state index in [0.29, 0.717) is 5.92 Å². The summed E-state index contributed by atoms with van der Waals surface area (Å²) in [4.78, 5) is 11.7. The SMILES string of the molecule is CCC1CCC(c2cncc(N3CCNCC3)n2)CC1. The molecule has 0 spiro atoms. The fourth-order valence-corrected chi connectivity index (χ4v) is 3.48. The first kappa shape index (κ1) is 13.8. The summed E-state index contributed by atoms with van der Waals surface area (Å²) in [7, 11) is 0. The molecule has 1 saturated carbocycles. The number of hydrogen-bond acceptors (Lipinski definition) is 4. The molecule has 4 nitrogen and oxygen atoms in total. The van der Waals surface area contributed by atoms with Crippen LogP contribution in [0.15, 0.2) is 12.4 Å². The quantitative estimate of drug-likeness (QED) is 0.920. The van der Waals surface area contributed by atoms with Gasteiger partial charge in [0.2, 0.25) is 0 Å². The summed E-state index contributed by atoms with van der Waals surface area (Å²) < 4.78 is 0. The first-order chi connectivity index (χ1) is 9.86. The van der Waals surface area contributed by atoms with Gasteiger partial charge < -0.3 is 10.2 Å². The third-order valence-electron chi connectivity index (χ3n) is 4.92. The summed E-state index contributed by atoms with van der Waals surface area (Å²) >= 11 is 0. The molecule has 1 aromatic heterocycles. The van der Waals surface area contributed by atoms with Crippen LogP contribution in [0.2, 0.25) is 0 Å². The molecule has 0 atom stereocenters. The molecule has 2 heterocycles. The molecule has 1 aliphatic heterocycles. The van der Waals surface area contributed by atoms with E-state index < -0.39 is 0 Å². The Bertz CT molecular complexity index is 420. The van der Waals surface area contributed by atoms with Crippen LogP contribution in [-0.2, 0) is 0 Å². The number of anilines is 1. The minimum atomic E-state index is 0.633. The third-order valence-corrected chi connectivity index (χ3v) is 4.92. The van der Waals surface area contributed by atoms with Crippen molar-refractivity contribution in [2.24, 2.45) is 5.92 Å². The maximum atomic E-state index is 4.91. The molecular formula is C16H26N4. The number of piperazine rings is 1. The average molecular weight is 274 g/mol. The van der Waals surface area contributed by atoms with E-state index in [1.807, 2.05) is 12.4 Å². The summed E-state index contributed by atoms with van der Waals surface area (Å²) in [6, 6.07) is 0. The zero-order chi connectivity index (χ0) is 13.8. The molecule has 1 N–H and O–H groups in total. The molecule has 20 heavy (non-hydrogen) atoms. The van der Waals surface area contributed by atoms with Gasteiger partial charge in [0.1, 0.15) is 5.82 Å². The van der Waals surface area contributed by atoms with Crippen molar-refractivity contribution < 1.29 is 0 Å². The molecule has 0 aromatic carbocycles. The van der Waals surface area contributed by atoms with Crippen molar-refractivity contribution in [3.63, 3.8) is 0 Å². The molecule has 1 aliphatic carbocycles. The fourth-order valence-electron chi connectivity index (χ4n) is 3.48. The zero-order valence-electron chi connectivity index (χ0n) is 12.5. The van der Waals surface area contributed by atoms with Crippen LogP contribution in [0.5, 0.6) is 0 Å². The van der Waals surface area contributed by atoms with Crippen molar-refractivity contribution >= 4 is 5.82 Å². The van der Waals surface area contributed by atoms with Crippen molar-refractivity contribution in [2.45, 2.75) is 44.9 Å². The highest BCUT2D eigenvalue weighted by molar-refractivity contribution is 5.37. The Hall–Kier alpha value is -1.16. The maximum absolute atomic E-state index is 4.91. The lowest BCUT2D eigenvalue weighted by Gasteiger charge is -2.30. The van der Waals surface area contributed by atoms with Gasteiger partial charge in [-0.2, -0.15) is 0 Å². The second-order valence-corrected chi connectivity index (χ2v) is 6.17. The number of rotatable bonds is 3. The monoisotopic (exact) mass is 274 g/mol. The van der Waals surface area contributed by atoms with E-state index in [1.165, 1.54) is 37.8 Å². The lowest BCUT2D eigenvalue weighted by atomic mass is 9.79. The van der Waals surface area contributed by atoms with Crippen molar-refractivity contribution in [3.8, 4) is 0 Å². The van der Waals surface area contributed by atoms with Gasteiger partial charge in [-0.05, 0) is 31.6 Å². The van der Waals surface area contributed by atoms with E-state index in [2.05, 4.69) is 22.1 Å². The molecule has 3 rings (SSSR count). The Labute approximate surface area is 122 Å².